The summed E-state index contributed by atoms with van der Waals surface area (Å²) >= 11 is 0. The Hall–Kier alpha value is -0.570. The van der Waals surface area contributed by atoms with Gasteiger partial charge in [-0.2, -0.15) is 0 Å². The van der Waals surface area contributed by atoms with Crippen LogP contribution in [0.1, 0.15) is 0 Å². The van der Waals surface area contributed by atoms with Crippen LogP contribution in [0.3, 0.4) is 0 Å². The minimum Gasteiger partial charge on any atom is -0.336 e. The molecule has 0 atom stereocenters. The molecule has 0 bridgehead atoms. The second-order valence-corrected chi connectivity index (χ2v) is 2.32. The molecule has 0 aromatic carbocycles. The third-order valence-electron chi connectivity index (χ3n) is 1.04. The molecular weight excluding hydrogens is 116 g/mol. The fourth-order valence-corrected chi connectivity index (χ4v) is 0.396. The van der Waals surface area contributed by atoms with Crippen molar-refractivity contribution in [2.45, 2.75) is 0 Å². The zero-order chi connectivity index (χ0) is 7.28. The topological polar surface area (TPSA) is 23.6 Å². The highest BCUT2D eigenvalue weighted by atomic mass is 16.1. The Kier molecular flexibility index (Phi) is 4.05. The summed E-state index contributed by atoms with van der Waals surface area (Å²) in [4.78, 5) is 13.4. The molecule has 0 aliphatic rings. The number of carbonyl (C=O) groups excluding carboxylic acids is 1. The van der Waals surface area contributed by atoms with E-state index in [1.165, 1.54) is 4.90 Å². The highest BCUT2D eigenvalue weighted by Crippen LogP contribution is 1.77. The maximum absolute atomic E-state index is 9.90. The molecule has 1 amide bonds. The van der Waals surface area contributed by atoms with Crippen LogP contribution < -0.4 is 0 Å². The lowest BCUT2D eigenvalue weighted by molar-refractivity contribution is 0.345. The molecule has 0 rings (SSSR count). The van der Waals surface area contributed by atoms with Crippen molar-refractivity contribution in [2.75, 3.05) is 34.2 Å². The van der Waals surface area contributed by atoms with E-state index in [9.17, 15) is 4.79 Å². The third kappa shape index (κ3) is 5.30. The SMILES string of the molecule is CN(C)CCN(C)[C]=O. The summed E-state index contributed by atoms with van der Waals surface area (Å²) in [5, 5.41) is 0. The van der Waals surface area contributed by atoms with Gasteiger partial charge in [0, 0.05) is 20.1 Å². The first-order valence-electron chi connectivity index (χ1n) is 2.90. The van der Waals surface area contributed by atoms with Gasteiger partial charge in [-0.05, 0) is 14.1 Å². The summed E-state index contributed by atoms with van der Waals surface area (Å²) in [7, 11) is 5.66. The van der Waals surface area contributed by atoms with E-state index >= 15 is 0 Å². The lowest BCUT2D eigenvalue weighted by atomic mass is 10.5. The second kappa shape index (κ2) is 4.32. The highest BCUT2D eigenvalue weighted by Gasteiger charge is 1.93. The molecule has 0 saturated carbocycles. The molecule has 0 fully saturated rings. The smallest absolute Gasteiger partial charge is 0.311 e. The number of likely N-dealkylation sites (N-methyl/N-ethyl adjacent to an activating group) is 2. The summed E-state index contributed by atoms with van der Waals surface area (Å²) in [6.07, 6.45) is 1.78. The van der Waals surface area contributed by atoms with Gasteiger partial charge in [0.2, 0.25) is 0 Å². The number of rotatable bonds is 4. The summed E-state index contributed by atoms with van der Waals surface area (Å²) in [5.74, 6) is 0. The van der Waals surface area contributed by atoms with Gasteiger partial charge >= 0.3 is 6.41 Å². The van der Waals surface area contributed by atoms with E-state index in [4.69, 9.17) is 0 Å². The lowest BCUT2D eigenvalue weighted by Crippen LogP contribution is -2.27. The van der Waals surface area contributed by atoms with Crippen LogP contribution in [0.2, 0.25) is 0 Å². The largest absolute Gasteiger partial charge is 0.336 e. The standard InChI is InChI=1S/C6H13N2O/c1-7(2)4-5-8(3)6-9/h4-5H2,1-3H3. The molecule has 9 heavy (non-hydrogen) atoms. The van der Waals surface area contributed by atoms with Gasteiger partial charge in [0.1, 0.15) is 0 Å². The van der Waals surface area contributed by atoms with Crippen LogP contribution in [0, 0.1) is 0 Å². The molecule has 0 unspecified atom stereocenters. The van der Waals surface area contributed by atoms with E-state index in [0.717, 1.165) is 13.1 Å². The molecule has 0 N–H and O–H groups in total. The van der Waals surface area contributed by atoms with Crippen LogP contribution in [0.15, 0.2) is 0 Å². The van der Waals surface area contributed by atoms with Crippen LogP contribution in [0.5, 0.6) is 0 Å². The number of nitrogens with zero attached hydrogens (tertiary/aromatic N) is 2. The minimum atomic E-state index is 0.747. The van der Waals surface area contributed by atoms with Crippen molar-refractivity contribution in [1.29, 1.82) is 0 Å². The van der Waals surface area contributed by atoms with Gasteiger partial charge in [-0.15, -0.1) is 0 Å². The molecular formula is C6H13N2O. The number of amides is 1. The summed E-state index contributed by atoms with van der Waals surface area (Å²) in [6.45, 7) is 1.64. The molecule has 0 saturated heterocycles. The van der Waals surface area contributed by atoms with Gasteiger partial charge in [0.05, 0.1) is 0 Å². The van der Waals surface area contributed by atoms with E-state index in [0.29, 0.717) is 0 Å². The molecule has 0 aromatic heterocycles. The van der Waals surface area contributed by atoms with Crippen molar-refractivity contribution >= 4 is 6.41 Å². The molecule has 1 radical (unpaired) electrons. The van der Waals surface area contributed by atoms with Crippen molar-refractivity contribution in [3.63, 3.8) is 0 Å². The van der Waals surface area contributed by atoms with E-state index in [1.54, 1.807) is 13.5 Å². The van der Waals surface area contributed by atoms with Crippen LogP contribution in [0.4, 0.5) is 0 Å². The van der Waals surface area contributed by atoms with Crippen molar-refractivity contribution in [3.8, 4) is 0 Å². The Balaban J connectivity index is 3.16. The zero-order valence-electron chi connectivity index (χ0n) is 6.22. The normalized spacial score (nSPS) is 9.78. The zero-order valence-corrected chi connectivity index (χ0v) is 6.22. The Morgan fingerprint density at radius 3 is 2.11 bits per heavy atom. The van der Waals surface area contributed by atoms with Crippen molar-refractivity contribution in [3.05, 3.63) is 0 Å². The van der Waals surface area contributed by atoms with Crippen LogP contribution in [0.25, 0.3) is 0 Å². The van der Waals surface area contributed by atoms with Crippen LogP contribution >= 0.6 is 0 Å². The average molecular weight is 129 g/mol. The average Bonchev–Trinajstić information content (AvgIpc) is 1.83. The van der Waals surface area contributed by atoms with Gasteiger partial charge in [-0.25, -0.2) is 0 Å². The molecule has 0 aliphatic carbocycles. The van der Waals surface area contributed by atoms with Gasteiger partial charge in [-0.3, -0.25) is 4.79 Å². The van der Waals surface area contributed by atoms with Crippen LogP contribution in [-0.4, -0.2) is 50.4 Å². The summed E-state index contributed by atoms with van der Waals surface area (Å²) < 4.78 is 0. The molecule has 3 heteroatoms. The summed E-state index contributed by atoms with van der Waals surface area (Å²) in [6, 6.07) is 0. The molecule has 0 aromatic rings. The summed E-state index contributed by atoms with van der Waals surface area (Å²) in [5.41, 5.74) is 0. The maximum atomic E-state index is 9.90. The van der Waals surface area contributed by atoms with E-state index in [2.05, 4.69) is 0 Å². The monoisotopic (exact) mass is 129 g/mol. The highest BCUT2D eigenvalue weighted by molar-refractivity contribution is 5.47. The molecule has 0 heterocycles. The first kappa shape index (κ1) is 8.43. The first-order valence-corrected chi connectivity index (χ1v) is 2.90. The van der Waals surface area contributed by atoms with E-state index < -0.39 is 0 Å². The number of hydrogen-bond donors (Lipinski definition) is 0. The third-order valence-corrected chi connectivity index (χ3v) is 1.04. The molecule has 53 valence electrons. The Labute approximate surface area is 56.2 Å². The van der Waals surface area contributed by atoms with Crippen LogP contribution in [-0.2, 0) is 4.79 Å². The van der Waals surface area contributed by atoms with E-state index in [1.807, 2.05) is 19.0 Å². The Morgan fingerprint density at radius 1 is 1.22 bits per heavy atom. The van der Waals surface area contributed by atoms with Gasteiger partial charge in [0.15, 0.2) is 0 Å². The Morgan fingerprint density at radius 2 is 1.78 bits per heavy atom. The van der Waals surface area contributed by atoms with Gasteiger partial charge < -0.3 is 9.80 Å². The van der Waals surface area contributed by atoms with E-state index in [-0.39, 0.29) is 0 Å². The second-order valence-electron chi connectivity index (χ2n) is 2.32. The lowest BCUT2D eigenvalue weighted by Gasteiger charge is -2.13. The molecule has 3 nitrogen and oxygen atoms in total. The van der Waals surface area contributed by atoms with Gasteiger partial charge in [-0.1, -0.05) is 0 Å². The minimum absolute atomic E-state index is 0.747. The van der Waals surface area contributed by atoms with Crippen molar-refractivity contribution in [2.24, 2.45) is 0 Å². The Bertz CT molecular complexity index is 83.1. The first-order chi connectivity index (χ1) is 4.16. The predicted molar refractivity (Wildman–Crippen MR) is 36.9 cm³/mol. The van der Waals surface area contributed by atoms with Crippen molar-refractivity contribution < 1.29 is 4.79 Å². The quantitative estimate of drug-likeness (QED) is 0.480. The molecule has 0 aliphatic heterocycles. The van der Waals surface area contributed by atoms with Crippen molar-refractivity contribution in [1.82, 2.24) is 9.80 Å². The fourth-order valence-electron chi connectivity index (χ4n) is 0.396. The number of hydrogen-bond acceptors (Lipinski definition) is 2. The predicted octanol–water partition coefficient (Wildman–Crippen LogP) is -0.453. The fraction of sp³-hybridized carbons (Fsp3) is 0.833. The molecule has 0 spiro atoms. The maximum Gasteiger partial charge on any atom is 0.311 e. The van der Waals surface area contributed by atoms with Gasteiger partial charge in [0.25, 0.3) is 0 Å².